The number of aromatic nitrogens is 1. The second-order valence-corrected chi connectivity index (χ2v) is 3.61. The molecule has 86 valence electrons. The van der Waals surface area contributed by atoms with E-state index in [1.54, 1.807) is 12.1 Å². The first-order valence-corrected chi connectivity index (χ1v) is 5.21. The van der Waals surface area contributed by atoms with Gasteiger partial charge in [0.1, 0.15) is 12.3 Å². The summed E-state index contributed by atoms with van der Waals surface area (Å²) in [5.74, 6) is -0.347. The Morgan fingerprint density at radius 3 is 2.94 bits per heavy atom. The second-order valence-electron chi connectivity index (χ2n) is 2.76. The van der Waals surface area contributed by atoms with Gasteiger partial charge < -0.3 is 15.8 Å². The largest absolute Gasteiger partial charge is 0.448 e. The quantitative estimate of drug-likeness (QED) is 0.796. The molecule has 0 bridgehead atoms. The number of hydrogen-bond acceptors (Lipinski definition) is 4. The molecule has 6 nitrogen and oxygen atoms in total. The maximum atomic E-state index is 11.5. The first-order valence-electron chi connectivity index (χ1n) is 4.42. The molecule has 2 amide bonds. The van der Waals surface area contributed by atoms with Crippen molar-refractivity contribution in [1.82, 2.24) is 10.3 Å². The van der Waals surface area contributed by atoms with E-state index in [0.29, 0.717) is 4.47 Å². The van der Waals surface area contributed by atoms with Crippen molar-refractivity contribution in [1.29, 1.82) is 0 Å². The van der Waals surface area contributed by atoms with Gasteiger partial charge in [0.25, 0.3) is 5.91 Å². The molecule has 3 N–H and O–H groups in total. The van der Waals surface area contributed by atoms with E-state index in [9.17, 15) is 9.59 Å². The Hall–Kier alpha value is -1.63. The fourth-order valence-electron chi connectivity index (χ4n) is 0.953. The fourth-order valence-corrected chi connectivity index (χ4v) is 1.39. The molecule has 0 aliphatic heterocycles. The molecule has 0 unspecified atom stereocenters. The van der Waals surface area contributed by atoms with E-state index in [0.717, 1.165) is 0 Å². The number of halogens is 1. The van der Waals surface area contributed by atoms with Crippen molar-refractivity contribution < 1.29 is 14.3 Å². The predicted molar refractivity (Wildman–Crippen MR) is 59.8 cm³/mol. The molecule has 16 heavy (non-hydrogen) atoms. The van der Waals surface area contributed by atoms with Crippen molar-refractivity contribution in [3.63, 3.8) is 0 Å². The fraction of sp³-hybridized carbons (Fsp3) is 0.222. The van der Waals surface area contributed by atoms with Crippen molar-refractivity contribution >= 4 is 27.9 Å². The summed E-state index contributed by atoms with van der Waals surface area (Å²) >= 11 is 3.20. The van der Waals surface area contributed by atoms with Crippen LogP contribution in [0.2, 0.25) is 0 Å². The average Bonchev–Trinajstić information content (AvgIpc) is 2.24. The van der Waals surface area contributed by atoms with Crippen molar-refractivity contribution in [3.8, 4) is 0 Å². The first-order chi connectivity index (χ1) is 7.61. The van der Waals surface area contributed by atoms with Crippen LogP contribution in [-0.2, 0) is 4.74 Å². The Balaban J connectivity index is 2.41. The Morgan fingerprint density at radius 2 is 2.31 bits per heavy atom. The zero-order chi connectivity index (χ0) is 12.0. The third kappa shape index (κ3) is 3.85. The summed E-state index contributed by atoms with van der Waals surface area (Å²) in [4.78, 5) is 25.7. The molecule has 1 aromatic heterocycles. The van der Waals surface area contributed by atoms with Crippen molar-refractivity contribution in [2.75, 3.05) is 13.2 Å². The minimum atomic E-state index is -0.867. The number of nitrogens with zero attached hydrogens (tertiary/aromatic N) is 1. The molecule has 0 aliphatic rings. The van der Waals surface area contributed by atoms with E-state index < -0.39 is 6.09 Å². The molecule has 0 aromatic carbocycles. The molecular formula is C9H10BrN3O3. The predicted octanol–water partition coefficient (Wildman–Crippen LogP) is 0.669. The molecule has 1 rings (SSSR count). The molecule has 0 fully saturated rings. The summed E-state index contributed by atoms with van der Waals surface area (Å²) in [5.41, 5.74) is 5.03. The molecular weight excluding hydrogens is 278 g/mol. The molecule has 1 heterocycles. The molecule has 0 atom stereocenters. The van der Waals surface area contributed by atoms with Crippen LogP contribution in [0.4, 0.5) is 4.79 Å². The number of rotatable bonds is 4. The number of carbonyl (C=O) groups excluding carboxylic acids is 2. The highest BCUT2D eigenvalue weighted by Crippen LogP contribution is 2.12. The van der Waals surface area contributed by atoms with E-state index in [1.807, 2.05) is 0 Å². The van der Waals surface area contributed by atoms with Crippen LogP contribution in [0.15, 0.2) is 22.8 Å². The van der Waals surface area contributed by atoms with Crippen LogP contribution in [0.3, 0.4) is 0 Å². The lowest BCUT2D eigenvalue weighted by Crippen LogP contribution is -2.29. The molecule has 0 saturated carbocycles. The number of amides is 2. The van der Waals surface area contributed by atoms with E-state index in [-0.39, 0.29) is 24.8 Å². The summed E-state index contributed by atoms with van der Waals surface area (Å²) in [6.07, 6.45) is 0.646. The van der Waals surface area contributed by atoms with E-state index in [1.165, 1.54) is 6.20 Å². The second kappa shape index (κ2) is 6.06. The van der Waals surface area contributed by atoms with Crippen LogP contribution < -0.4 is 11.1 Å². The Morgan fingerprint density at radius 1 is 1.56 bits per heavy atom. The zero-order valence-electron chi connectivity index (χ0n) is 8.27. The molecule has 7 heteroatoms. The van der Waals surface area contributed by atoms with Crippen molar-refractivity contribution in [3.05, 3.63) is 28.5 Å². The van der Waals surface area contributed by atoms with E-state index in [2.05, 4.69) is 31.0 Å². The maximum Gasteiger partial charge on any atom is 0.404 e. The molecule has 0 aliphatic carbocycles. The van der Waals surface area contributed by atoms with Gasteiger partial charge in [0, 0.05) is 10.7 Å². The number of carbonyl (C=O) groups is 2. The average molecular weight is 288 g/mol. The van der Waals surface area contributed by atoms with Crippen molar-refractivity contribution in [2.24, 2.45) is 5.73 Å². The lowest BCUT2D eigenvalue weighted by molar-refractivity contribution is 0.0931. The van der Waals surface area contributed by atoms with Gasteiger partial charge in [-0.2, -0.15) is 0 Å². The van der Waals surface area contributed by atoms with Crippen LogP contribution in [0.1, 0.15) is 10.5 Å². The standard InChI is InChI=1S/C9H10BrN3O3/c10-6-2-1-3-12-7(6)8(14)13-4-5-16-9(11)15/h1-3H,4-5H2,(H2,11,15)(H,13,14). The van der Waals surface area contributed by atoms with Gasteiger partial charge in [0.05, 0.1) is 6.54 Å². The van der Waals surface area contributed by atoms with Gasteiger partial charge in [-0.15, -0.1) is 0 Å². The minimum Gasteiger partial charge on any atom is -0.448 e. The number of nitrogens with one attached hydrogen (secondary N) is 1. The molecule has 0 radical (unpaired) electrons. The first kappa shape index (κ1) is 12.4. The van der Waals surface area contributed by atoms with Gasteiger partial charge in [-0.05, 0) is 28.1 Å². The van der Waals surface area contributed by atoms with Gasteiger partial charge in [-0.1, -0.05) is 0 Å². The summed E-state index contributed by atoms with van der Waals surface area (Å²) in [5, 5.41) is 2.53. The van der Waals surface area contributed by atoms with E-state index >= 15 is 0 Å². The molecule has 0 saturated heterocycles. The van der Waals surface area contributed by atoms with Gasteiger partial charge >= 0.3 is 6.09 Å². The lowest BCUT2D eigenvalue weighted by Gasteiger charge is -2.05. The van der Waals surface area contributed by atoms with Crippen LogP contribution in [-0.4, -0.2) is 30.1 Å². The van der Waals surface area contributed by atoms with Crippen LogP contribution in [0, 0.1) is 0 Å². The molecule has 0 spiro atoms. The van der Waals surface area contributed by atoms with Gasteiger partial charge in [-0.25, -0.2) is 9.78 Å². The third-order valence-electron chi connectivity index (χ3n) is 1.61. The number of pyridine rings is 1. The monoisotopic (exact) mass is 287 g/mol. The van der Waals surface area contributed by atoms with Crippen LogP contribution in [0.5, 0.6) is 0 Å². The summed E-state index contributed by atoms with van der Waals surface area (Å²) in [7, 11) is 0. The summed E-state index contributed by atoms with van der Waals surface area (Å²) < 4.78 is 5.05. The number of nitrogens with two attached hydrogens (primary N) is 1. The highest BCUT2D eigenvalue weighted by atomic mass is 79.9. The summed E-state index contributed by atoms with van der Waals surface area (Å²) in [6, 6.07) is 3.42. The minimum absolute atomic E-state index is 0.0333. The van der Waals surface area contributed by atoms with Gasteiger partial charge in [0.15, 0.2) is 0 Å². The van der Waals surface area contributed by atoms with Gasteiger partial charge in [-0.3, -0.25) is 4.79 Å². The maximum absolute atomic E-state index is 11.5. The smallest absolute Gasteiger partial charge is 0.404 e. The van der Waals surface area contributed by atoms with Crippen molar-refractivity contribution in [2.45, 2.75) is 0 Å². The zero-order valence-corrected chi connectivity index (χ0v) is 9.86. The van der Waals surface area contributed by atoms with Crippen LogP contribution in [0.25, 0.3) is 0 Å². The topological polar surface area (TPSA) is 94.3 Å². The number of hydrogen-bond donors (Lipinski definition) is 2. The Labute approximate surface area is 100 Å². The summed E-state index contributed by atoms with van der Waals surface area (Å²) in [6.45, 7) is 0.219. The number of ether oxygens (including phenoxy) is 1. The van der Waals surface area contributed by atoms with Gasteiger partial charge in [0.2, 0.25) is 0 Å². The third-order valence-corrected chi connectivity index (χ3v) is 2.25. The number of primary amides is 1. The Bertz CT molecular complexity index is 397. The SMILES string of the molecule is NC(=O)OCCNC(=O)c1ncccc1Br. The highest BCUT2D eigenvalue weighted by molar-refractivity contribution is 9.10. The highest BCUT2D eigenvalue weighted by Gasteiger charge is 2.09. The van der Waals surface area contributed by atoms with E-state index in [4.69, 9.17) is 5.73 Å². The van der Waals surface area contributed by atoms with Crippen LogP contribution >= 0.6 is 15.9 Å². The Kier molecular flexibility index (Phi) is 4.71. The normalized spacial score (nSPS) is 9.56. The lowest BCUT2D eigenvalue weighted by atomic mass is 10.3. The molecule has 1 aromatic rings.